The van der Waals surface area contributed by atoms with Crippen LogP contribution >= 0.6 is 34.5 Å². The Hall–Kier alpha value is -3.01. The second-order valence-electron chi connectivity index (χ2n) is 8.01. The van der Waals surface area contributed by atoms with Crippen LogP contribution in [0.25, 0.3) is 22.2 Å². The number of benzene rings is 1. The minimum atomic E-state index is -0.452. The number of methoxy groups -OCH3 is 1. The third-order valence-corrected chi connectivity index (χ3v) is 6.88. The van der Waals surface area contributed by atoms with Gasteiger partial charge >= 0.3 is 6.03 Å². The summed E-state index contributed by atoms with van der Waals surface area (Å²) < 4.78 is 7.47. The van der Waals surface area contributed by atoms with Crippen LogP contribution in [0.1, 0.15) is 31.0 Å². The topological polar surface area (TPSA) is 93.1 Å². The molecule has 11 heteroatoms. The number of hydrogen-bond donors (Lipinski definition) is 3. The molecule has 3 aromatic heterocycles. The van der Waals surface area contributed by atoms with E-state index in [1.54, 1.807) is 30.0 Å². The van der Waals surface area contributed by atoms with Gasteiger partial charge in [0.05, 0.1) is 22.8 Å². The Morgan fingerprint density at radius 3 is 2.65 bits per heavy atom. The van der Waals surface area contributed by atoms with E-state index in [1.807, 2.05) is 26.1 Å². The molecule has 4 aromatic rings. The van der Waals surface area contributed by atoms with E-state index in [1.165, 1.54) is 11.3 Å². The Labute approximate surface area is 211 Å². The largest absolute Gasteiger partial charge is 0.495 e. The van der Waals surface area contributed by atoms with Gasteiger partial charge in [0.1, 0.15) is 15.9 Å². The molecule has 0 aliphatic rings. The first-order chi connectivity index (χ1) is 16.2. The third kappa shape index (κ3) is 4.77. The number of aromatic nitrogens is 3. The van der Waals surface area contributed by atoms with Gasteiger partial charge in [-0.3, -0.25) is 20.9 Å². The molecule has 3 N–H and O–H groups in total. The lowest BCUT2D eigenvalue weighted by atomic mass is 10.00. The van der Waals surface area contributed by atoms with Crippen molar-refractivity contribution in [3.05, 3.63) is 50.9 Å². The van der Waals surface area contributed by atoms with Gasteiger partial charge in [0, 0.05) is 18.0 Å². The Morgan fingerprint density at radius 2 is 1.97 bits per heavy atom. The van der Waals surface area contributed by atoms with Crippen molar-refractivity contribution in [2.75, 3.05) is 17.9 Å². The van der Waals surface area contributed by atoms with E-state index in [-0.39, 0.29) is 5.92 Å². The molecule has 1 aromatic carbocycles. The lowest BCUT2D eigenvalue weighted by Crippen LogP contribution is -2.33. The number of hydrogen-bond acceptors (Lipinski definition) is 6. The lowest BCUT2D eigenvalue weighted by Gasteiger charge is -2.13. The molecule has 2 amide bonds. The van der Waals surface area contributed by atoms with Crippen LogP contribution < -0.4 is 20.9 Å². The average molecular weight is 519 g/mol. The van der Waals surface area contributed by atoms with Crippen LogP contribution in [0.5, 0.6) is 5.75 Å². The highest BCUT2D eigenvalue weighted by Crippen LogP contribution is 2.40. The maximum Gasteiger partial charge on any atom is 0.338 e. The predicted octanol–water partition coefficient (Wildman–Crippen LogP) is 6.59. The number of urea groups is 1. The zero-order valence-electron chi connectivity index (χ0n) is 19.3. The number of rotatable bonds is 6. The monoisotopic (exact) mass is 518 g/mol. The van der Waals surface area contributed by atoms with Gasteiger partial charge in [0.15, 0.2) is 5.65 Å². The Balaban J connectivity index is 1.48. The van der Waals surface area contributed by atoms with Crippen molar-refractivity contribution in [1.82, 2.24) is 20.2 Å². The van der Waals surface area contributed by atoms with E-state index in [4.69, 9.17) is 27.9 Å². The van der Waals surface area contributed by atoms with Crippen molar-refractivity contribution in [2.24, 2.45) is 7.05 Å². The molecule has 0 aliphatic heterocycles. The van der Waals surface area contributed by atoms with Gasteiger partial charge in [0.2, 0.25) is 0 Å². The van der Waals surface area contributed by atoms with Gasteiger partial charge < -0.3 is 4.74 Å². The second kappa shape index (κ2) is 9.69. The number of nitrogens with zero attached hydrogens (tertiary/aromatic N) is 3. The maximum atomic E-state index is 12.5. The van der Waals surface area contributed by atoms with Gasteiger partial charge in [-0.05, 0) is 48.2 Å². The summed E-state index contributed by atoms with van der Waals surface area (Å²) in [6.45, 7) is 6.19. The minimum Gasteiger partial charge on any atom is -0.495 e. The quantitative estimate of drug-likeness (QED) is 0.250. The summed E-state index contributed by atoms with van der Waals surface area (Å²) in [6, 6.07) is 8.67. The number of hydrazine groups is 1. The van der Waals surface area contributed by atoms with Crippen molar-refractivity contribution >= 4 is 62.4 Å². The summed E-state index contributed by atoms with van der Waals surface area (Å²) in [7, 11) is 3.41. The SMILES string of the molecule is COc1ccc(-c2cc(NC(=O)NNc3cc(C(C)C)c4c(C)nn(C)c4n3)sc2Cl)cc1Cl. The maximum absolute atomic E-state index is 12.5. The fourth-order valence-corrected chi connectivity index (χ4v) is 5.19. The lowest BCUT2D eigenvalue weighted by molar-refractivity contribution is 0.254. The van der Waals surface area contributed by atoms with Gasteiger partial charge in [-0.2, -0.15) is 5.10 Å². The summed E-state index contributed by atoms with van der Waals surface area (Å²) in [5, 5.41) is 9.36. The second-order valence-corrected chi connectivity index (χ2v) is 10.1. The highest BCUT2D eigenvalue weighted by atomic mass is 35.5. The minimum absolute atomic E-state index is 0.265. The molecule has 0 radical (unpaired) electrons. The number of ether oxygens (including phenoxy) is 1. The molecule has 4 rings (SSSR count). The van der Waals surface area contributed by atoms with Crippen molar-refractivity contribution in [3.8, 4) is 16.9 Å². The highest BCUT2D eigenvalue weighted by molar-refractivity contribution is 7.20. The fourth-order valence-electron chi connectivity index (χ4n) is 3.72. The normalized spacial score (nSPS) is 11.2. The van der Waals surface area contributed by atoms with Crippen molar-refractivity contribution in [2.45, 2.75) is 26.7 Å². The number of carbonyl (C=O) groups excluding carboxylic acids is 1. The first-order valence-electron chi connectivity index (χ1n) is 10.5. The van der Waals surface area contributed by atoms with E-state index in [2.05, 4.69) is 40.1 Å². The molecule has 0 saturated heterocycles. The Morgan fingerprint density at radius 1 is 1.21 bits per heavy atom. The number of nitrogens with one attached hydrogen (secondary N) is 3. The van der Waals surface area contributed by atoms with Crippen LogP contribution in [-0.4, -0.2) is 27.9 Å². The summed E-state index contributed by atoms with van der Waals surface area (Å²) >= 11 is 13.9. The predicted molar refractivity (Wildman–Crippen MR) is 139 cm³/mol. The highest BCUT2D eigenvalue weighted by Gasteiger charge is 2.17. The zero-order valence-corrected chi connectivity index (χ0v) is 21.6. The smallest absolute Gasteiger partial charge is 0.338 e. The molecule has 34 heavy (non-hydrogen) atoms. The van der Waals surface area contributed by atoms with Crippen LogP contribution in [0.2, 0.25) is 9.36 Å². The first kappa shape index (κ1) is 24.1. The van der Waals surface area contributed by atoms with Gasteiger partial charge in [-0.15, -0.1) is 11.3 Å². The van der Waals surface area contributed by atoms with E-state index in [0.29, 0.717) is 25.9 Å². The average Bonchev–Trinajstić information content (AvgIpc) is 3.29. The number of pyridine rings is 1. The number of carbonyl (C=O) groups is 1. The summed E-state index contributed by atoms with van der Waals surface area (Å²) in [5.74, 6) is 1.36. The van der Waals surface area contributed by atoms with Crippen LogP contribution in [0.15, 0.2) is 30.3 Å². The van der Waals surface area contributed by atoms with E-state index in [9.17, 15) is 4.79 Å². The number of halogens is 2. The third-order valence-electron chi connectivity index (χ3n) is 5.31. The van der Waals surface area contributed by atoms with Crippen molar-refractivity contribution in [3.63, 3.8) is 0 Å². The first-order valence-corrected chi connectivity index (χ1v) is 12.1. The molecule has 0 saturated carbocycles. The van der Waals surface area contributed by atoms with Gasteiger partial charge in [0.25, 0.3) is 0 Å². The molecule has 0 unspecified atom stereocenters. The Kier molecular flexibility index (Phi) is 6.88. The van der Waals surface area contributed by atoms with Crippen LogP contribution in [0, 0.1) is 6.92 Å². The molecule has 0 spiro atoms. The summed E-state index contributed by atoms with van der Waals surface area (Å²) in [6.07, 6.45) is 0. The molecule has 3 heterocycles. The van der Waals surface area contributed by atoms with Crippen LogP contribution in [-0.2, 0) is 7.05 Å². The van der Waals surface area contributed by atoms with E-state index < -0.39 is 6.03 Å². The molecule has 178 valence electrons. The zero-order chi connectivity index (χ0) is 24.6. The van der Waals surface area contributed by atoms with Crippen molar-refractivity contribution < 1.29 is 9.53 Å². The Bertz CT molecular complexity index is 1380. The number of aryl methyl sites for hydroxylation is 2. The van der Waals surface area contributed by atoms with E-state index >= 15 is 0 Å². The summed E-state index contributed by atoms with van der Waals surface area (Å²) in [5.41, 5.74) is 9.89. The molecular weight excluding hydrogens is 495 g/mol. The molecule has 0 fully saturated rings. The van der Waals surface area contributed by atoms with Crippen LogP contribution in [0.4, 0.5) is 15.6 Å². The number of amides is 2. The number of thiophene rings is 1. The molecule has 0 aliphatic carbocycles. The fraction of sp³-hybridized carbons (Fsp3) is 0.261. The summed E-state index contributed by atoms with van der Waals surface area (Å²) in [4.78, 5) is 17.1. The number of anilines is 2. The standard InChI is InChI=1S/C23H24Cl2N6O2S/c1-11(2)14-9-18(26-22-20(14)12(3)30-31(22)4)28-29-23(32)27-19-10-15(21(25)34-19)13-6-7-17(33-5)16(24)8-13/h6-11H,1-5H3,(H,26,28)(H2,27,29,32). The van der Waals surface area contributed by atoms with Gasteiger partial charge in [-0.1, -0.05) is 43.1 Å². The van der Waals surface area contributed by atoms with Crippen molar-refractivity contribution in [1.29, 1.82) is 0 Å². The van der Waals surface area contributed by atoms with E-state index in [0.717, 1.165) is 33.4 Å². The molecule has 0 bridgehead atoms. The van der Waals surface area contributed by atoms with Gasteiger partial charge in [-0.25, -0.2) is 9.78 Å². The molecular formula is C23H24Cl2N6O2S. The number of fused-ring (bicyclic) bond motifs is 1. The molecule has 0 atom stereocenters. The van der Waals surface area contributed by atoms with Crippen LogP contribution in [0.3, 0.4) is 0 Å². The molecule has 8 nitrogen and oxygen atoms in total.